The van der Waals surface area contributed by atoms with Crippen molar-refractivity contribution in [1.82, 2.24) is 5.32 Å². The molecular formula is C12H16BrNO2. The van der Waals surface area contributed by atoms with Crippen LogP contribution < -0.4 is 5.32 Å². The van der Waals surface area contributed by atoms with Gasteiger partial charge in [0.25, 0.3) is 0 Å². The van der Waals surface area contributed by atoms with Crippen molar-refractivity contribution in [3.8, 4) is 0 Å². The summed E-state index contributed by atoms with van der Waals surface area (Å²) in [6, 6.07) is 7.93. The standard InChI is InChI=1S/C12H16BrNO2/c1-9(12(16)14-6-7-15)8-10-2-4-11(13)5-3-10/h2-5,9,15H,6-8H2,1H3,(H,14,16). The maximum absolute atomic E-state index is 11.5. The fourth-order valence-corrected chi connectivity index (χ4v) is 1.68. The van der Waals surface area contributed by atoms with Gasteiger partial charge in [-0.25, -0.2) is 0 Å². The van der Waals surface area contributed by atoms with Crippen LogP contribution in [0.2, 0.25) is 0 Å². The lowest BCUT2D eigenvalue weighted by Crippen LogP contribution is -2.32. The number of carbonyl (C=O) groups excluding carboxylic acids is 1. The summed E-state index contributed by atoms with van der Waals surface area (Å²) >= 11 is 3.37. The number of carbonyl (C=O) groups is 1. The van der Waals surface area contributed by atoms with Gasteiger partial charge in [-0.3, -0.25) is 4.79 Å². The molecule has 0 bridgehead atoms. The fourth-order valence-electron chi connectivity index (χ4n) is 1.42. The molecule has 1 aromatic rings. The Balaban J connectivity index is 2.47. The summed E-state index contributed by atoms with van der Waals surface area (Å²) < 4.78 is 1.04. The second-order valence-corrected chi connectivity index (χ2v) is 4.66. The number of aliphatic hydroxyl groups excluding tert-OH is 1. The lowest BCUT2D eigenvalue weighted by atomic mass is 10.0. The molecule has 2 N–H and O–H groups in total. The molecule has 3 nitrogen and oxygen atoms in total. The normalized spacial score (nSPS) is 12.2. The highest BCUT2D eigenvalue weighted by atomic mass is 79.9. The minimum Gasteiger partial charge on any atom is -0.395 e. The first-order valence-corrected chi connectivity index (χ1v) is 6.06. The lowest BCUT2D eigenvalue weighted by molar-refractivity contribution is -0.124. The smallest absolute Gasteiger partial charge is 0.223 e. The van der Waals surface area contributed by atoms with Gasteiger partial charge in [-0.05, 0) is 24.1 Å². The van der Waals surface area contributed by atoms with Gasteiger partial charge < -0.3 is 10.4 Å². The molecule has 0 aliphatic carbocycles. The van der Waals surface area contributed by atoms with Crippen molar-refractivity contribution < 1.29 is 9.90 Å². The molecule has 0 spiro atoms. The van der Waals surface area contributed by atoms with Crippen molar-refractivity contribution in [2.45, 2.75) is 13.3 Å². The molecule has 0 fully saturated rings. The molecule has 4 heteroatoms. The molecule has 0 saturated heterocycles. The van der Waals surface area contributed by atoms with E-state index in [2.05, 4.69) is 21.2 Å². The van der Waals surface area contributed by atoms with Crippen LogP contribution in [0.3, 0.4) is 0 Å². The van der Waals surface area contributed by atoms with Crippen LogP contribution in [-0.2, 0) is 11.2 Å². The van der Waals surface area contributed by atoms with E-state index in [-0.39, 0.29) is 18.4 Å². The summed E-state index contributed by atoms with van der Waals surface area (Å²) in [7, 11) is 0. The Morgan fingerprint density at radius 2 is 2.06 bits per heavy atom. The Hall–Kier alpha value is -0.870. The van der Waals surface area contributed by atoms with Gasteiger partial charge in [0.15, 0.2) is 0 Å². The van der Waals surface area contributed by atoms with E-state index in [1.807, 2.05) is 31.2 Å². The molecule has 1 atom stereocenters. The molecule has 0 aliphatic heterocycles. The van der Waals surface area contributed by atoms with Crippen LogP contribution in [0, 0.1) is 5.92 Å². The molecule has 88 valence electrons. The van der Waals surface area contributed by atoms with Crippen LogP contribution in [-0.4, -0.2) is 24.2 Å². The van der Waals surface area contributed by atoms with E-state index in [9.17, 15) is 4.79 Å². The van der Waals surface area contributed by atoms with Crippen LogP contribution in [0.4, 0.5) is 0 Å². The van der Waals surface area contributed by atoms with Crippen molar-refractivity contribution in [3.63, 3.8) is 0 Å². The highest BCUT2D eigenvalue weighted by molar-refractivity contribution is 9.10. The molecule has 1 rings (SSSR count). The van der Waals surface area contributed by atoms with Crippen molar-refractivity contribution in [2.75, 3.05) is 13.2 Å². The molecule has 16 heavy (non-hydrogen) atoms. The topological polar surface area (TPSA) is 49.3 Å². The number of rotatable bonds is 5. The molecule has 1 unspecified atom stereocenters. The second kappa shape index (κ2) is 6.66. The van der Waals surface area contributed by atoms with Gasteiger partial charge in [-0.15, -0.1) is 0 Å². The fraction of sp³-hybridized carbons (Fsp3) is 0.417. The summed E-state index contributed by atoms with van der Waals surface area (Å²) in [6.07, 6.45) is 0.713. The predicted octanol–water partition coefficient (Wildman–Crippen LogP) is 1.74. The summed E-state index contributed by atoms with van der Waals surface area (Å²) in [5.41, 5.74) is 1.13. The zero-order chi connectivity index (χ0) is 12.0. The minimum atomic E-state index is -0.0762. The first-order valence-electron chi connectivity index (χ1n) is 5.26. The highest BCUT2D eigenvalue weighted by Crippen LogP contribution is 2.13. The highest BCUT2D eigenvalue weighted by Gasteiger charge is 2.12. The van der Waals surface area contributed by atoms with E-state index in [0.717, 1.165) is 10.0 Å². The SMILES string of the molecule is CC(Cc1ccc(Br)cc1)C(=O)NCCO. The average Bonchev–Trinajstić information content (AvgIpc) is 2.29. The Bertz CT molecular complexity index is 337. The third kappa shape index (κ3) is 4.33. The monoisotopic (exact) mass is 285 g/mol. The Morgan fingerprint density at radius 3 is 2.62 bits per heavy atom. The van der Waals surface area contributed by atoms with Crippen LogP contribution in [0.15, 0.2) is 28.7 Å². The number of halogens is 1. The number of aliphatic hydroxyl groups is 1. The number of nitrogens with one attached hydrogen (secondary N) is 1. The zero-order valence-electron chi connectivity index (χ0n) is 9.24. The first-order chi connectivity index (χ1) is 7.63. The number of hydrogen-bond donors (Lipinski definition) is 2. The summed E-state index contributed by atoms with van der Waals surface area (Å²) in [4.78, 5) is 11.5. The van der Waals surface area contributed by atoms with Crippen LogP contribution >= 0.6 is 15.9 Å². The van der Waals surface area contributed by atoms with Crippen LogP contribution in [0.5, 0.6) is 0 Å². The lowest BCUT2D eigenvalue weighted by Gasteiger charge is -2.11. The quantitative estimate of drug-likeness (QED) is 0.866. The van der Waals surface area contributed by atoms with Crippen molar-refractivity contribution in [1.29, 1.82) is 0 Å². The maximum Gasteiger partial charge on any atom is 0.223 e. The van der Waals surface area contributed by atoms with Gasteiger partial charge in [-0.1, -0.05) is 35.0 Å². The van der Waals surface area contributed by atoms with Crippen LogP contribution in [0.1, 0.15) is 12.5 Å². The number of amides is 1. The molecule has 1 amide bonds. The summed E-state index contributed by atoms with van der Waals surface area (Å²) in [6.45, 7) is 2.19. The number of hydrogen-bond acceptors (Lipinski definition) is 2. The molecule has 0 aromatic heterocycles. The van der Waals surface area contributed by atoms with Gasteiger partial charge in [0, 0.05) is 16.9 Å². The maximum atomic E-state index is 11.5. The van der Waals surface area contributed by atoms with Crippen molar-refractivity contribution in [2.24, 2.45) is 5.92 Å². The predicted molar refractivity (Wildman–Crippen MR) is 67.1 cm³/mol. The van der Waals surface area contributed by atoms with Gasteiger partial charge in [0.1, 0.15) is 0 Å². The van der Waals surface area contributed by atoms with Crippen molar-refractivity contribution >= 4 is 21.8 Å². The van der Waals surface area contributed by atoms with E-state index < -0.39 is 0 Å². The Labute approximate surface area is 104 Å². The van der Waals surface area contributed by atoms with E-state index in [4.69, 9.17) is 5.11 Å². The molecule has 0 aliphatic rings. The first kappa shape index (κ1) is 13.2. The van der Waals surface area contributed by atoms with Crippen LogP contribution in [0.25, 0.3) is 0 Å². The molecular weight excluding hydrogens is 270 g/mol. The van der Waals surface area contributed by atoms with Gasteiger partial charge in [-0.2, -0.15) is 0 Å². The third-order valence-electron chi connectivity index (χ3n) is 2.31. The van der Waals surface area contributed by atoms with E-state index in [0.29, 0.717) is 13.0 Å². The zero-order valence-corrected chi connectivity index (χ0v) is 10.8. The largest absolute Gasteiger partial charge is 0.395 e. The van der Waals surface area contributed by atoms with E-state index in [1.165, 1.54) is 0 Å². The average molecular weight is 286 g/mol. The van der Waals surface area contributed by atoms with E-state index in [1.54, 1.807) is 0 Å². The molecule has 0 heterocycles. The molecule has 0 radical (unpaired) electrons. The number of benzene rings is 1. The molecule has 0 saturated carbocycles. The molecule has 1 aromatic carbocycles. The summed E-state index contributed by atoms with van der Waals surface area (Å²) in [5.74, 6) is -0.0929. The van der Waals surface area contributed by atoms with E-state index >= 15 is 0 Å². The summed E-state index contributed by atoms with van der Waals surface area (Å²) in [5, 5.41) is 11.3. The minimum absolute atomic E-state index is 0.0167. The third-order valence-corrected chi connectivity index (χ3v) is 2.84. The van der Waals surface area contributed by atoms with Crippen molar-refractivity contribution in [3.05, 3.63) is 34.3 Å². The van der Waals surface area contributed by atoms with Gasteiger partial charge in [0.2, 0.25) is 5.91 Å². The second-order valence-electron chi connectivity index (χ2n) is 3.75. The van der Waals surface area contributed by atoms with Gasteiger partial charge >= 0.3 is 0 Å². The Morgan fingerprint density at radius 1 is 1.44 bits per heavy atom. The Kier molecular flexibility index (Phi) is 5.49. The van der Waals surface area contributed by atoms with Gasteiger partial charge in [0.05, 0.1) is 6.61 Å².